The third-order valence-electron chi connectivity index (χ3n) is 13.0. The highest BCUT2D eigenvalue weighted by Crippen LogP contribution is 2.36. The molecule has 0 aliphatic carbocycles. The molecule has 9 aromatic rings. The van der Waals surface area contributed by atoms with Crippen LogP contribution in [0.25, 0.3) is 77.9 Å². The molecule has 0 amide bonds. The van der Waals surface area contributed by atoms with E-state index in [1.807, 2.05) is 0 Å². The number of benzene rings is 3. The van der Waals surface area contributed by atoms with Crippen LogP contribution >= 0.6 is 0 Å². The molecule has 0 saturated carbocycles. The van der Waals surface area contributed by atoms with Gasteiger partial charge >= 0.3 is 0 Å². The quantitative estimate of drug-likeness (QED) is 0.101. The second-order valence-corrected chi connectivity index (χ2v) is 17.5. The van der Waals surface area contributed by atoms with Crippen LogP contribution in [0.2, 0.25) is 0 Å². The summed E-state index contributed by atoms with van der Waals surface area (Å²) < 4.78 is 5.71. The van der Waals surface area contributed by atoms with Gasteiger partial charge in [-0.05, 0) is 148 Å². The molecule has 5 N–H and O–H groups in total. The Morgan fingerprint density at radius 2 is 1.24 bits per heavy atom. The van der Waals surface area contributed by atoms with Gasteiger partial charge in [0.05, 0.1) is 17.1 Å². The van der Waals surface area contributed by atoms with Crippen molar-refractivity contribution in [2.24, 2.45) is 5.92 Å². The molecule has 2 fully saturated rings. The molecule has 62 heavy (non-hydrogen) atoms. The first-order valence-electron chi connectivity index (χ1n) is 21.9. The second kappa shape index (κ2) is 15.4. The SMILES string of the molecule is Cc1cc(-c2[nH]c3cc(-c4ccc5nc(C6CCC(Cc7cc(-c8[nH]c9cc(-c%10nc(N%11CCNCC%11)no%10)ccc9c8C)cc(C)n7)CN6)[nH]c5c4)ccc3c2C)cc(C)n1. The molecule has 312 valence electrons. The van der Waals surface area contributed by atoms with Gasteiger partial charge in [0.15, 0.2) is 0 Å². The van der Waals surface area contributed by atoms with Crippen LogP contribution in [0.1, 0.15) is 58.6 Å². The molecule has 6 aromatic heterocycles. The van der Waals surface area contributed by atoms with E-state index in [9.17, 15) is 0 Å². The Labute approximate surface area is 360 Å². The van der Waals surface area contributed by atoms with Crippen molar-refractivity contribution >= 4 is 38.8 Å². The number of aromatic amines is 3. The van der Waals surface area contributed by atoms with Crippen molar-refractivity contribution in [3.8, 4) is 45.1 Å². The lowest BCUT2D eigenvalue weighted by atomic mass is 9.90. The van der Waals surface area contributed by atoms with E-state index in [0.29, 0.717) is 17.8 Å². The number of imidazole rings is 1. The Hall–Kier alpha value is -6.63. The van der Waals surface area contributed by atoms with Gasteiger partial charge < -0.3 is 35.0 Å². The van der Waals surface area contributed by atoms with Crippen LogP contribution in [0.3, 0.4) is 0 Å². The number of pyridine rings is 2. The number of piperidine rings is 1. The van der Waals surface area contributed by atoms with E-state index >= 15 is 0 Å². The summed E-state index contributed by atoms with van der Waals surface area (Å²) >= 11 is 0. The summed E-state index contributed by atoms with van der Waals surface area (Å²) in [5.41, 5.74) is 18.7. The molecule has 11 rings (SSSR count). The topological polar surface area (TPSA) is 152 Å². The maximum Gasteiger partial charge on any atom is 0.266 e. The largest absolute Gasteiger partial charge is 0.354 e. The van der Waals surface area contributed by atoms with Gasteiger partial charge in [-0.2, -0.15) is 4.98 Å². The lowest BCUT2D eigenvalue weighted by Gasteiger charge is -2.28. The molecule has 12 heteroatoms. The molecule has 2 aliphatic rings. The molecule has 3 aromatic carbocycles. The zero-order valence-electron chi connectivity index (χ0n) is 35.9. The van der Waals surface area contributed by atoms with E-state index in [1.165, 1.54) is 33.0 Å². The van der Waals surface area contributed by atoms with Crippen LogP contribution in [0.15, 0.2) is 83.4 Å². The van der Waals surface area contributed by atoms with Crippen molar-refractivity contribution in [1.29, 1.82) is 0 Å². The highest BCUT2D eigenvalue weighted by Gasteiger charge is 2.26. The van der Waals surface area contributed by atoms with E-state index in [0.717, 1.165) is 131 Å². The van der Waals surface area contributed by atoms with Gasteiger partial charge in [-0.25, -0.2) is 4.98 Å². The number of nitrogens with one attached hydrogen (secondary N) is 5. The van der Waals surface area contributed by atoms with Gasteiger partial charge in [0.2, 0.25) is 0 Å². The number of hydrogen-bond donors (Lipinski definition) is 5. The minimum Gasteiger partial charge on any atom is -0.354 e. The number of aryl methyl sites for hydroxylation is 5. The lowest BCUT2D eigenvalue weighted by molar-refractivity contribution is 0.305. The third kappa shape index (κ3) is 7.12. The summed E-state index contributed by atoms with van der Waals surface area (Å²) in [6.07, 6.45) is 3.03. The van der Waals surface area contributed by atoms with Gasteiger partial charge in [-0.15, -0.1) is 0 Å². The van der Waals surface area contributed by atoms with Crippen molar-refractivity contribution in [3.63, 3.8) is 0 Å². The predicted molar refractivity (Wildman–Crippen MR) is 247 cm³/mol. The Kier molecular flexibility index (Phi) is 9.50. The molecule has 2 atom stereocenters. The molecule has 2 unspecified atom stereocenters. The summed E-state index contributed by atoms with van der Waals surface area (Å²) in [5.74, 6) is 2.67. The maximum absolute atomic E-state index is 5.71. The van der Waals surface area contributed by atoms with Crippen LogP contribution in [-0.4, -0.2) is 72.8 Å². The molecule has 0 spiro atoms. The van der Waals surface area contributed by atoms with Crippen LogP contribution in [0.4, 0.5) is 5.95 Å². The summed E-state index contributed by atoms with van der Waals surface area (Å²) in [7, 11) is 0. The van der Waals surface area contributed by atoms with E-state index in [-0.39, 0.29) is 6.04 Å². The number of rotatable bonds is 8. The number of fused-ring (bicyclic) bond motifs is 3. The van der Waals surface area contributed by atoms with Crippen LogP contribution in [0, 0.1) is 40.5 Å². The molecule has 2 saturated heterocycles. The Balaban J connectivity index is 0.766. The number of aromatic nitrogens is 8. The molecule has 12 nitrogen and oxygen atoms in total. The monoisotopic (exact) mass is 821 g/mol. The highest BCUT2D eigenvalue weighted by molar-refractivity contribution is 5.95. The zero-order chi connectivity index (χ0) is 42.1. The Morgan fingerprint density at radius 3 is 1.94 bits per heavy atom. The number of anilines is 1. The van der Waals surface area contributed by atoms with Crippen molar-refractivity contribution in [2.75, 3.05) is 37.6 Å². The summed E-state index contributed by atoms with van der Waals surface area (Å²) in [5, 5.41) is 13.9. The van der Waals surface area contributed by atoms with Crippen LogP contribution in [-0.2, 0) is 6.42 Å². The lowest BCUT2D eigenvalue weighted by Crippen LogP contribution is -2.44. The molecule has 8 heterocycles. The molecule has 0 radical (unpaired) electrons. The minimum atomic E-state index is 0.181. The first-order valence-corrected chi connectivity index (χ1v) is 21.9. The van der Waals surface area contributed by atoms with Gasteiger partial charge in [0.25, 0.3) is 11.8 Å². The fourth-order valence-corrected chi connectivity index (χ4v) is 9.85. The fourth-order valence-electron chi connectivity index (χ4n) is 9.85. The van der Waals surface area contributed by atoms with Gasteiger partial charge in [0, 0.05) is 98.8 Å². The first-order chi connectivity index (χ1) is 30.2. The fraction of sp³-hybridized carbons (Fsp3) is 0.300. The van der Waals surface area contributed by atoms with Crippen LogP contribution < -0.4 is 15.5 Å². The Morgan fingerprint density at radius 1 is 0.613 bits per heavy atom. The molecular formula is C50H51N11O. The van der Waals surface area contributed by atoms with Gasteiger partial charge in [0.1, 0.15) is 5.82 Å². The third-order valence-corrected chi connectivity index (χ3v) is 13.0. The summed E-state index contributed by atoms with van der Waals surface area (Å²) in [6, 6.07) is 28.6. The standard InChI is InChI=1S/C50H51N11O/c1-27-18-36(19-28(2)53-27)46-30(4)39-10-7-33(23-43(39)55-46)34-9-13-41-45(24-34)58-48(57-41)42-12-6-32(26-52-42)21-38-22-37(20-29(3)54-38)47-31(5)40-11-8-35(25-44(40)56-47)49-59-50(60-62-49)61-16-14-51-15-17-61/h7-11,13,18-20,22-25,32,42,51-52,55-56H,6,12,14-17,21,26H2,1-5H3,(H,57,58). The average molecular weight is 822 g/mol. The number of piperazine rings is 1. The molecule has 0 bridgehead atoms. The number of nitrogens with zero attached hydrogens (tertiary/aromatic N) is 6. The van der Waals surface area contributed by atoms with Crippen molar-refractivity contribution in [1.82, 2.24) is 50.7 Å². The normalized spacial score (nSPS) is 17.2. The minimum absolute atomic E-state index is 0.181. The van der Waals surface area contributed by atoms with Gasteiger partial charge in [-0.3, -0.25) is 9.97 Å². The van der Waals surface area contributed by atoms with E-state index in [4.69, 9.17) is 19.5 Å². The number of hydrogen-bond acceptors (Lipinski definition) is 9. The molecule has 2 aliphatic heterocycles. The van der Waals surface area contributed by atoms with E-state index < -0.39 is 0 Å². The predicted octanol–water partition coefficient (Wildman–Crippen LogP) is 9.60. The van der Waals surface area contributed by atoms with E-state index in [1.54, 1.807) is 0 Å². The Bertz CT molecular complexity index is 3120. The van der Waals surface area contributed by atoms with Gasteiger partial charge in [-0.1, -0.05) is 24.3 Å². The smallest absolute Gasteiger partial charge is 0.266 e. The van der Waals surface area contributed by atoms with E-state index in [2.05, 4.69) is 154 Å². The zero-order valence-corrected chi connectivity index (χ0v) is 35.9. The highest BCUT2D eigenvalue weighted by atomic mass is 16.5. The van der Waals surface area contributed by atoms with Crippen molar-refractivity contribution in [3.05, 3.63) is 119 Å². The van der Waals surface area contributed by atoms with Crippen LogP contribution in [0.5, 0.6) is 0 Å². The summed E-state index contributed by atoms with van der Waals surface area (Å²) in [4.78, 5) is 32.6. The molecular weight excluding hydrogens is 771 g/mol. The number of H-pyrrole nitrogens is 3. The first kappa shape index (κ1) is 38.3. The summed E-state index contributed by atoms with van der Waals surface area (Å²) in [6.45, 7) is 15.1. The second-order valence-electron chi connectivity index (χ2n) is 17.5. The van der Waals surface area contributed by atoms with Crippen molar-refractivity contribution < 1.29 is 4.52 Å². The van der Waals surface area contributed by atoms with Crippen molar-refractivity contribution in [2.45, 2.75) is 59.9 Å². The average Bonchev–Trinajstić information content (AvgIpc) is 4.08. The maximum atomic E-state index is 5.71.